The lowest BCUT2D eigenvalue weighted by atomic mass is 10.0. The molecule has 0 radical (unpaired) electrons. The zero-order valence-corrected chi connectivity index (χ0v) is 12.9. The van der Waals surface area contributed by atoms with E-state index in [0.717, 1.165) is 14.5 Å². The molecule has 2 rings (SSSR count). The van der Waals surface area contributed by atoms with Crippen molar-refractivity contribution in [3.63, 3.8) is 0 Å². The normalized spacial score (nSPS) is 10.4. The Labute approximate surface area is 122 Å². The van der Waals surface area contributed by atoms with Gasteiger partial charge in [0.2, 0.25) is 0 Å². The Morgan fingerprint density at radius 2 is 1.83 bits per heavy atom. The van der Waals surface area contributed by atoms with Crippen LogP contribution in [0.3, 0.4) is 0 Å². The minimum Gasteiger partial charge on any atom is -0.399 e. The number of nitrogen functional groups attached to an aromatic ring is 1. The first-order chi connectivity index (χ1) is 8.49. The Kier molecular flexibility index (Phi) is 3.88. The van der Waals surface area contributed by atoms with Gasteiger partial charge in [0.25, 0.3) is 0 Å². The predicted molar refractivity (Wildman–Crippen MR) is 80.9 cm³/mol. The molecule has 0 spiro atoms. The second-order valence-corrected chi connectivity index (χ2v) is 5.79. The maximum Gasteiger partial charge on any atom is 0.194 e. The molecule has 0 fully saturated rings. The number of aryl methyl sites for hydroxylation is 1. The summed E-state index contributed by atoms with van der Waals surface area (Å²) >= 11 is 6.77. The second kappa shape index (κ2) is 5.24. The van der Waals surface area contributed by atoms with Crippen molar-refractivity contribution >= 4 is 43.3 Å². The van der Waals surface area contributed by atoms with Gasteiger partial charge in [-0.15, -0.1) is 0 Å². The number of rotatable bonds is 2. The van der Waals surface area contributed by atoms with E-state index < -0.39 is 0 Å². The van der Waals surface area contributed by atoms with Crippen molar-refractivity contribution in [1.82, 2.24) is 0 Å². The molecule has 0 aliphatic heterocycles. The number of carbonyl (C=O) groups is 1. The van der Waals surface area contributed by atoms with E-state index in [1.807, 2.05) is 25.1 Å². The third-order valence-corrected chi connectivity index (χ3v) is 3.86. The first-order valence-electron chi connectivity index (χ1n) is 5.35. The van der Waals surface area contributed by atoms with Gasteiger partial charge in [0, 0.05) is 25.8 Å². The Bertz CT molecular complexity index is 623. The zero-order valence-electron chi connectivity index (χ0n) is 9.71. The minimum absolute atomic E-state index is 0.0162. The van der Waals surface area contributed by atoms with Gasteiger partial charge in [-0.3, -0.25) is 4.79 Å². The molecular weight excluding hydrogens is 358 g/mol. The molecule has 0 saturated carbocycles. The van der Waals surface area contributed by atoms with Crippen LogP contribution < -0.4 is 5.73 Å². The molecule has 0 unspecified atom stereocenters. The van der Waals surface area contributed by atoms with Crippen molar-refractivity contribution in [2.75, 3.05) is 5.73 Å². The van der Waals surface area contributed by atoms with Crippen LogP contribution in [0.5, 0.6) is 0 Å². The quantitative estimate of drug-likeness (QED) is 0.633. The summed E-state index contributed by atoms with van der Waals surface area (Å²) in [6.45, 7) is 1.89. The summed E-state index contributed by atoms with van der Waals surface area (Å²) in [5, 5.41) is 0. The van der Waals surface area contributed by atoms with E-state index in [1.165, 1.54) is 0 Å². The van der Waals surface area contributed by atoms with E-state index in [1.54, 1.807) is 18.2 Å². The largest absolute Gasteiger partial charge is 0.399 e. The molecule has 2 aromatic rings. The summed E-state index contributed by atoms with van der Waals surface area (Å²) in [6, 6.07) is 10.8. The first kappa shape index (κ1) is 13.3. The highest BCUT2D eigenvalue weighted by molar-refractivity contribution is 9.11. The average Bonchev–Trinajstić information content (AvgIpc) is 2.32. The van der Waals surface area contributed by atoms with Crippen molar-refractivity contribution in [2.45, 2.75) is 6.92 Å². The molecule has 0 amide bonds. The fourth-order valence-corrected chi connectivity index (χ4v) is 2.87. The highest BCUT2D eigenvalue weighted by atomic mass is 79.9. The Hall–Kier alpha value is -1.13. The third kappa shape index (κ3) is 2.65. The standard InChI is InChI=1S/C14H11Br2NO/c1-8-6-9(2-5-13(8)17)14(18)11-4-3-10(15)7-12(11)16/h2-7H,17H2,1H3. The van der Waals surface area contributed by atoms with Gasteiger partial charge in [-0.05, 0) is 64.8 Å². The maximum atomic E-state index is 12.4. The molecule has 2 aromatic carbocycles. The monoisotopic (exact) mass is 367 g/mol. The van der Waals surface area contributed by atoms with Gasteiger partial charge < -0.3 is 5.73 Å². The Morgan fingerprint density at radius 1 is 1.11 bits per heavy atom. The zero-order chi connectivity index (χ0) is 13.3. The van der Waals surface area contributed by atoms with Gasteiger partial charge in [-0.1, -0.05) is 15.9 Å². The predicted octanol–water partition coefficient (Wildman–Crippen LogP) is 4.33. The van der Waals surface area contributed by atoms with Gasteiger partial charge in [-0.2, -0.15) is 0 Å². The molecule has 0 bridgehead atoms. The number of benzene rings is 2. The Morgan fingerprint density at radius 3 is 2.44 bits per heavy atom. The van der Waals surface area contributed by atoms with Crippen LogP contribution in [0.2, 0.25) is 0 Å². The minimum atomic E-state index is -0.0162. The highest BCUT2D eigenvalue weighted by Gasteiger charge is 2.13. The van der Waals surface area contributed by atoms with E-state index in [9.17, 15) is 4.79 Å². The molecule has 4 heteroatoms. The van der Waals surface area contributed by atoms with Gasteiger partial charge >= 0.3 is 0 Å². The van der Waals surface area contributed by atoms with Gasteiger partial charge in [0.05, 0.1) is 0 Å². The average molecular weight is 369 g/mol. The summed E-state index contributed by atoms with van der Waals surface area (Å²) in [7, 11) is 0. The lowest BCUT2D eigenvalue weighted by molar-refractivity contribution is 0.103. The van der Waals surface area contributed by atoms with Crippen LogP contribution in [-0.4, -0.2) is 5.78 Å². The van der Waals surface area contributed by atoms with Crippen molar-refractivity contribution in [3.05, 3.63) is 62.0 Å². The molecule has 0 aliphatic rings. The molecule has 0 aromatic heterocycles. The molecular formula is C14H11Br2NO. The molecule has 2 N–H and O–H groups in total. The lowest BCUT2D eigenvalue weighted by Gasteiger charge is -2.06. The summed E-state index contributed by atoms with van der Waals surface area (Å²) in [5.41, 5.74) is 8.64. The third-order valence-electron chi connectivity index (χ3n) is 2.71. The first-order valence-corrected chi connectivity index (χ1v) is 6.93. The van der Waals surface area contributed by atoms with E-state index >= 15 is 0 Å². The SMILES string of the molecule is Cc1cc(C(=O)c2ccc(Br)cc2Br)ccc1N. The van der Waals surface area contributed by atoms with Crippen LogP contribution >= 0.6 is 31.9 Å². The second-order valence-electron chi connectivity index (χ2n) is 4.02. The number of halogens is 2. The number of hydrogen-bond acceptors (Lipinski definition) is 2. The van der Waals surface area contributed by atoms with E-state index in [4.69, 9.17) is 5.73 Å². The summed E-state index contributed by atoms with van der Waals surface area (Å²) in [6.07, 6.45) is 0. The van der Waals surface area contributed by atoms with Gasteiger partial charge in [0.1, 0.15) is 0 Å². The molecule has 0 aliphatic carbocycles. The molecule has 0 heterocycles. The molecule has 2 nitrogen and oxygen atoms in total. The van der Waals surface area contributed by atoms with Crippen LogP contribution in [0, 0.1) is 6.92 Å². The smallest absolute Gasteiger partial charge is 0.194 e. The van der Waals surface area contributed by atoms with Crippen molar-refractivity contribution in [3.8, 4) is 0 Å². The van der Waals surface area contributed by atoms with E-state index in [-0.39, 0.29) is 5.78 Å². The molecule has 18 heavy (non-hydrogen) atoms. The van der Waals surface area contributed by atoms with Gasteiger partial charge in [-0.25, -0.2) is 0 Å². The number of anilines is 1. The van der Waals surface area contributed by atoms with Crippen molar-refractivity contribution in [2.24, 2.45) is 0 Å². The topological polar surface area (TPSA) is 43.1 Å². The van der Waals surface area contributed by atoms with Crippen molar-refractivity contribution in [1.29, 1.82) is 0 Å². The number of carbonyl (C=O) groups excluding carboxylic acids is 1. The van der Waals surface area contributed by atoms with Crippen molar-refractivity contribution < 1.29 is 4.79 Å². The van der Waals surface area contributed by atoms with Crippen LogP contribution in [0.25, 0.3) is 0 Å². The van der Waals surface area contributed by atoms with E-state index in [2.05, 4.69) is 31.9 Å². The summed E-state index contributed by atoms with van der Waals surface area (Å²) in [4.78, 5) is 12.4. The fourth-order valence-electron chi connectivity index (χ4n) is 1.65. The number of hydrogen-bond donors (Lipinski definition) is 1. The van der Waals surface area contributed by atoms with Crippen LogP contribution in [0.4, 0.5) is 5.69 Å². The van der Waals surface area contributed by atoms with Gasteiger partial charge in [0.15, 0.2) is 5.78 Å². The van der Waals surface area contributed by atoms with Crippen LogP contribution in [0.15, 0.2) is 45.3 Å². The fraction of sp³-hybridized carbons (Fsp3) is 0.0714. The maximum absolute atomic E-state index is 12.4. The lowest BCUT2D eigenvalue weighted by Crippen LogP contribution is -2.03. The molecule has 92 valence electrons. The highest BCUT2D eigenvalue weighted by Crippen LogP contribution is 2.25. The summed E-state index contributed by atoms with van der Waals surface area (Å²) in [5.74, 6) is -0.0162. The molecule has 0 saturated heterocycles. The summed E-state index contributed by atoms with van der Waals surface area (Å²) < 4.78 is 1.70. The van der Waals surface area contributed by atoms with Crippen LogP contribution in [0.1, 0.15) is 21.5 Å². The van der Waals surface area contributed by atoms with E-state index in [0.29, 0.717) is 16.8 Å². The number of ketones is 1. The van der Waals surface area contributed by atoms with Crippen LogP contribution in [-0.2, 0) is 0 Å². The Balaban J connectivity index is 2.44. The molecule has 0 atom stereocenters. The number of nitrogens with two attached hydrogens (primary N) is 1.